The Morgan fingerprint density at radius 3 is 2.59 bits per heavy atom. The van der Waals surface area contributed by atoms with Crippen molar-refractivity contribution in [2.24, 2.45) is 4.99 Å². The number of hydrogen-bond acceptors (Lipinski definition) is 8. The van der Waals surface area contributed by atoms with Crippen LogP contribution in [0.3, 0.4) is 0 Å². The highest BCUT2D eigenvalue weighted by atomic mass is 35.5. The van der Waals surface area contributed by atoms with Crippen molar-refractivity contribution in [3.63, 3.8) is 0 Å². The Morgan fingerprint density at radius 1 is 1.45 bits per heavy atom. The maximum atomic E-state index is 14.8. The van der Waals surface area contributed by atoms with E-state index >= 15 is 0 Å². The van der Waals surface area contributed by atoms with E-state index in [4.69, 9.17) is 25.4 Å². The number of aliphatic hydroxyl groups is 2. The monoisotopic (exact) mass is 458 g/mol. The van der Waals surface area contributed by atoms with Crippen LogP contribution in [-0.2, 0) is 18.3 Å². The van der Waals surface area contributed by atoms with Gasteiger partial charge in [-0.1, -0.05) is 0 Å². The SMILES string of the molecule is CCOP(=O)(OCC)/C(F)=C\[C@@]1(CCl)OC(CN2C=CC(C)=NC2O)[C@H](F)[C@@H]1O. The van der Waals surface area contributed by atoms with Crippen molar-refractivity contribution < 1.29 is 37.3 Å². The Balaban J connectivity index is 2.26. The third-order valence-corrected chi connectivity index (χ3v) is 6.74. The number of aliphatic hydroxyl groups excluding tert-OH is 2. The Morgan fingerprint density at radius 2 is 2.07 bits per heavy atom. The van der Waals surface area contributed by atoms with Gasteiger partial charge >= 0.3 is 7.60 Å². The van der Waals surface area contributed by atoms with Gasteiger partial charge in [0.05, 0.1) is 25.6 Å². The van der Waals surface area contributed by atoms with Crippen LogP contribution in [0.5, 0.6) is 0 Å². The molecule has 2 unspecified atom stereocenters. The number of alkyl halides is 2. The van der Waals surface area contributed by atoms with Gasteiger partial charge in [-0.15, -0.1) is 11.6 Å². The first-order valence-corrected chi connectivity index (χ1v) is 11.2. The summed E-state index contributed by atoms with van der Waals surface area (Å²) in [5.41, 5.74) is -2.74. The predicted molar refractivity (Wildman–Crippen MR) is 104 cm³/mol. The van der Waals surface area contributed by atoms with Crippen LogP contribution in [0.1, 0.15) is 20.8 Å². The first-order chi connectivity index (χ1) is 13.6. The first kappa shape index (κ1) is 24.4. The molecule has 166 valence electrons. The lowest BCUT2D eigenvalue weighted by atomic mass is 9.97. The van der Waals surface area contributed by atoms with E-state index < -0.39 is 49.4 Å². The van der Waals surface area contributed by atoms with Gasteiger partial charge in [0.15, 0.2) is 6.17 Å². The Labute approximate surface area is 173 Å². The van der Waals surface area contributed by atoms with Gasteiger partial charge in [0.2, 0.25) is 11.9 Å². The highest BCUT2D eigenvalue weighted by Gasteiger charge is 2.55. The van der Waals surface area contributed by atoms with Gasteiger partial charge in [-0.05, 0) is 32.9 Å². The summed E-state index contributed by atoms with van der Waals surface area (Å²) in [4.78, 5) is 5.23. The molecule has 5 atom stereocenters. The highest BCUT2D eigenvalue weighted by Crippen LogP contribution is 2.57. The molecule has 2 aliphatic heterocycles. The minimum absolute atomic E-state index is 0.0939. The number of halogens is 3. The fourth-order valence-electron chi connectivity index (χ4n) is 3.02. The maximum Gasteiger partial charge on any atom is 0.389 e. The van der Waals surface area contributed by atoms with Crippen LogP contribution < -0.4 is 0 Å². The molecule has 0 saturated carbocycles. The largest absolute Gasteiger partial charge is 0.389 e. The van der Waals surface area contributed by atoms with Gasteiger partial charge in [-0.3, -0.25) is 4.57 Å². The van der Waals surface area contributed by atoms with Gasteiger partial charge in [0.1, 0.15) is 17.8 Å². The van der Waals surface area contributed by atoms with E-state index in [-0.39, 0.29) is 19.8 Å². The smallest absolute Gasteiger partial charge is 0.387 e. The molecule has 29 heavy (non-hydrogen) atoms. The van der Waals surface area contributed by atoms with E-state index in [1.54, 1.807) is 13.0 Å². The van der Waals surface area contributed by atoms with Crippen LogP contribution in [0, 0.1) is 0 Å². The standard InChI is InChI=1S/C17H26ClF2N2O6P/c1-4-26-29(25,27-5-2)13(19)8-17(10-18)15(23)14(20)12(28-17)9-22-7-6-11(3)21-16(22)24/h6-8,12,14-16,23-24H,4-5,9-10H2,1-3H3/b13-8-/t12?,14-,15-,16?,17-/m0/s1. The first-order valence-electron chi connectivity index (χ1n) is 9.12. The van der Waals surface area contributed by atoms with Gasteiger partial charge in [-0.2, -0.15) is 4.39 Å². The Bertz CT molecular complexity index is 714. The lowest BCUT2D eigenvalue weighted by Crippen LogP contribution is -2.42. The summed E-state index contributed by atoms with van der Waals surface area (Å²) < 4.78 is 57.6. The van der Waals surface area contributed by atoms with Crippen LogP contribution in [-0.4, -0.2) is 76.8 Å². The quantitative estimate of drug-likeness (QED) is 0.404. The fraction of sp³-hybridized carbons (Fsp3) is 0.706. The van der Waals surface area contributed by atoms with Crippen molar-refractivity contribution >= 4 is 24.9 Å². The lowest BCUT2D eigenvalue weighted by Gasteiger charge is -2.30. The zero-order valence-corrected chi connectivity index (χ0v) is 18.0. The molecular weight excluding hydrogens is 433 g/mol. The molecule has 0 spiro atoms. The number of nitrogens with zero attached hydrogens (tertiary/aromatic N) is 2. The summed E-state index contributed by atoms with van der Waals surface area (Å²) in [5.74, 6) is -0.521. The lowest BCUT2D eigenvalue weighted by molar-refractivity contribution is -0.0549. The fourth-order valence-corrected chi connectivity index (χ4v) is 4.70. The van der Waals surface area contributed by atoms with Crippen molar-refractivity contribution in [3.8, 4) is 0 Å². The second-order valence-corrected chi connectivity index (χ2v) is 8.77. The number of rotatable bonds is 9. The molecular formula is C17H26ClF2N2O6P. The van der Waals surface area contributed by atoms with Crippen LogP contribution in [0.15, 0.2) is 28.9 Å². The zero-order chi connectivity index (χ0) is 21.8. The molecule has 2 N–H and O–H groups in total. The van der Waals surface area contributed by atoms with E-state index in [0.29, 0.717) is 11.8 Å². The van der Waals surface area contributed by atoms with E-state index in [1.165, 1.54) is 24.9 Å². The van der Waals surface area contributed by atoms with Crippen molar-refractivity contribution in [1.82, 2.24) is 4.90 Å². The predicted octanol–water partition coefficient (Wildman–Crippen LogP) is 2.70. The molecule has 2 heterocycles. The summed E-state index contributed by atoms with van der Waals surface area (Å²) in [6.45, 7) is 4.33. The van der Waals surface area contributed by atoms with Gasteiger partial charge in [0.25, 0.3) is 0 Å². The zero-order valence-electron chi connectivity index (χ0n) is 16.4. The summed E-state index contributed by atoms with van der Waals surface area (Å²) in [6, 6.07) is 0. The Kier molecular flexibility index (Phi) is 8.38. The third kappa shape index (κ3) is 5.25. The highest BCUT2D eigenvalue weighted by molar-refractivity contribution is 7.58. The topological polar surface area (TPSA) is 101 Å². The van der Waals surface area contributed by atoms with Crippen molar-refractivity contribution in [2.45, 2.75) is 51.1 Å². The van der Waals surface area contributed by atoms with E-state index in [9.17, 15) is 23.6 Å². The molecule has 0 aromatic carbocycles. The average molecular weight is 459 g/mol. The Hall–Kier alpha value is -0.870. The van der Waals surface area contributed by atoms with Gasteiger partial charge in [-0.25, -0.2) is 9.38 Å². The third-order valence-electron chi connectivity index (χ3n) is 4.47. The maximum absolute atomic E-state index is 14.8. The number of allylic oxidation sites excluding steroid dienone is 1. The minimum Gasteiger partial charge on any atom is -0.387 e. The van der Waals surface area contributed by atoms with Crippen molar-refractivity contribution in [1.29, 1.82) is 0 Å². The van der Waals surface area contributed by atoms with E-state index in [1.807, 2.05) is 0 Å². The van der Waals surface area contributed by atoms with Crippen LogP contribution in [0.25, 0.3) is 0 Å². The number of aliphatic imine (C=N–C) groups is 1. The molecule has 0 aromatic heterocycles. The molecule has 0 amide bonds. The van der Waals surface area contributed by atoms with Crippen molar-refractivity contribution in [2.75, 3.05) is 25.6 Å². The molecule has 0 aliphatic carbocycles. The molecule has 1 fully saturated rings. The van der Waals surface area contributed by atoms with Crippen LogP contribution >= 0.6 is 19.2 Å². The van der Waals surface area contributed by atoms with Gasteiger partial charge in [0, 0.05) is 11.9 Å². The van der Waals surface area contributed by atoms with E-state index in [2.05, 4.69) is 4.99 Å². The second kappa shape index (κ2) is 9.96. The average Bonchev–Trinajstić information content (AvgIpc) is 2.89. The second-order valence-electron chi connectivity index (χ2n) is 6.56. The summed E-state index contributed by atoms with van der Waals surface area (Å²) in [7, 11) is -4.29. The molecule has 1 saturated heterocycles. The minimum atomic E-state index is -4.29. The molecule has 0 radical (unpaired) electrons. The summed E-state index contributed by atoms with van der Waals surface area (Å²) in [5, 5.41) is 20.4. The normalized spacial score (nSPS) is 33.3. The molecule has 2 aliphatic rings. The summed E-state index contributed by atoms with van der Waals surface area (Å²) in [6.07, 6.45) is -2.53. The number of hydrogen-bond donors (Lipinski definition) is 2. The molecule has 0 aromatic rings. The molecule has 8 nitrogen and oxygen atoms in total. The van der Waals surface area contributed by atoms with Crippen LogP contribution in [0.4, 0.5) is 8.78 Å². The molecule has 12 heteroatoms. The molecule has 0 bridgehead atoms. The summed E-state index contributed by atoms with van der Waals surface area (Å²) >= 11 is 5.90. The van der Waals surface area contributed by atoms with Crippen molar-refractivity contribution in [3.05, 3.63) is 23.9 Å². The van der Waals surface area contributed by atoms with Crippen LogP contribution in [0.2, 0.25) is 0 Å². The number of ether oxygens (including phenoxy) is 1. The van der Waals surface area contributed by atoms with E-state index in [0.717, 1.165) is 0 Å². The van der Waals surface area contributed by atoms with Gasteiger partial charge < -0.3 is 28.9 Å². The molecule has 2 rings (SSSR count).